The van der Waals surface area contributed by atoms with Gasteiger partial charge in [0.2, 0.25) is 5.78 Å². The average molecular weight is 279 g/mol. The fraction of sp³-hybridized carbons (Fsp3) is 0.167. The van der Waals surface area contributed by atoms with Gasteiger partial charge in [0.05, 0.1) is 0 Å². The van der Waals surface area contributed by atoms with Crippen molar-refractivity contribution < 1.29 is 4.79 Å². The van der Waals surface area contributed by atoms with E-state index in [-0.39, 0.29) is 5.78 Å². The van der Waals surface area contributed by atoms with Gasteiger partial charge in [-0.25, -0.2) is 0 Å². The molecule has 0 fully saturated rings. The second-order valence-electron chi connectivity index (χ2n) is 3.61. The number of halogens is 1. The van der Waals surface area contributed by atoms with Crippen molar-refractivity contribution in [3.63, 3.8) is 0 Å². The topological polar surface area (TPSA) is 34.9 Å². The van der Waals surface area contributed by atoms with E-state index in [1.54, 1.807) is 24.0 Å². The number of ketones is 1. The van der Waals surface area contributed by atoms with E-state index in [9.17, 15) is 4.79 Å². The van der Waals surface area contributed by atoms with E-state index < -0.39 is 0 Å². The minimum absolute atomic E-state index is 0.0180. The predicted molar refractivity (Wildman–Crippen MR) is 65.5 cm³/mol. The summed E-state index contributed by atoms with van der Waals surface area (Å²) in [5.41, 5.74) is 2.31. The Bertz CT molecular complexity index is 546. The third kappa shape index (κ3) is 1.80. The van der Waals surface area contributed by atoms with Gasteiger partial charge in [-0.1, -0.05) is 12.1 Å². The van der Waals surface area contributed by atoms with Crippen LogP contribution in [0.25, 0.3) is 0 Å². The maximum atomic E-state index is 12.2. The van der Waals surface area contributed by atoms with Crippen LogP contribution in [0.5, 0.6) is 0 Å². The lowest BCUT2D eigenvalue weighted by Crippen LogP contribution is -2.09. The molecule has 0 saturated heterocycles. The van der Waals surface area contributed by atoms with Crippen molar-refractivity contribution >= 4 is 21.7 Å². The number of rotatable bonds is 2. The number of carbonyl (C=O) groups is 1. The fourth-order valence-electron chi connectivity index (χ4n) is 1.56. The van der Waals surface area contributed by atoms with Crippen molar-refractivity contribution in [3.05, 3.63) is 51.8 Å². The summed E-state index contributed by atoms with van der Waals surface area (Å²) in [5, 5.41) is 4.00. The van der Waals surface area contributed by atoms with Crippen LogP contribution in [0.3, 0.4) is 0 Å². The Hall–Kier alpha value is -1.42. The van der Waals surface area contributed by atoms with Gasteiger partial charge in [0, 0.05) is 23.3 Å². The van der Waals surface area contributed by atoms with Crippen LogP contribution in [0.15, 0.2) is 34.9 Å². The first kappa shape index (κ1) is 11.1. The second kappa shape index (κ2) is 4.22. The van der Waals surface area contributed by atoms with Crippen LogP contribution in [-0.4, -0.2) is 15.6 Å². The van der Waals surface area contributed by atoms with E-state index in [0.717, 1.165) is 10.0 Å². The Morgan fingerprint density at radius 1 is 1.38 bits per heavy atom. The van der Waals surface area contributed by atoms with Crippen molar-refractivity contribution in [2.24, 2.45) is 7.05 Å². The summed E-state index contributed by atoms with van der Waals surface area (Å²) in [5.74, 6) is -0.0180. The molecule has 1 aromatic heterocycles. The van der Waals surface area contributed by atoms with Crippen molar-refractivity contribution in [2.75, 3.05) is 0 Å². The maximum Gasteiger partial charge on any atom is 0.212 e. The first-order chi connectivity index (χ1) is 7.61. The molecule has 0 aliphatic heterocycles. The molecule has 4 heteroatoms. The lowest BCUT2D eigenvalue weighted by Gasteiger charge is -2.06. The zero-order valence-corrected chi connectivity index (χ0v) is 10.7. The highest BCUT2D eigenvalue weighted by atomic mass is 79.9. The summed E-state index contributed by atoms with van der Waals surface area (Å²) < 4.78 is 2.43. The minimum Gasteiger partial charge on any atom is -0.287 e. The minimum atomic E-state index is -0.0180. The molecule has 0 unspecified atom stereocenters. The summed E-state index contributed by atoms with van der Waals surface area (Å²) >= 11 is 3.44. The molecule has 0 atom stereocenters. The van der Waals surface area contributed by atoms with Crippen molar-refractivity contribution in [1.29, 1.82) is 0 Å². The van der Waals surface area contributed by atoms with E-state index in [1.165, 1.54) is 0 Å². The molecule has 3 nitrogen and oxygen atoms in total. The summed E-state index contributed by atoms with van der Waals surface area (Å²) in [4.78, 5) is 12.2. The SMILES string of the molecule is Cc1cccc(C(=O)c2ccnn2C)c1Br. The van der Waals surface area contributed by atoms with E-state index in [0.29, 0.717) is 11.3 Å². The number of hydrogen-bond acceptors (Lipinski definition) is 2. The van der Waals surface area contributed by atoms with Crippen molar-refractivity contribution in [1.82, 2.24) is 9.78 Å². The van der Waals surface area contributed by atoms with E-state index >= 15 is 0 Å². The van der Waals surface area contributed by atoms with Gasteiger partial charge in [-0.05, 0) is 40.5 Å². The third-order valence-electron chi connectivity index (χ3n) is 2.49. The molecule has 0 N–H and O–H groups in total. The van der Waals surface area contributed by atoms with Gasteiger partial charge in [0.25, 0.3) is 0 Å². The quantitative estimate of drug-likeness (QED) is 0.792. The van der Waals surface area contributed by atoms with Crippen LogP contribution in [0.1, 0.15) is 21.6 Å². The number of carbonyl (C=O) groups excluding carboxylic acids is 1. The van der Waals surface area contributed by atoms with Crippen LogP contribution >= 0.6 is 15.9 Å². The summed E-state index contributed by atoms with van der Waals surface area (Å²) in [6.45, 7) is 1.96. The molecule has 0 radical (unpaired) electrons. The molecule has 0 aliphatic carbocycles. The van der Waals surface area contributed by atoms with Gasteiger partial charge in [-0.3, -0.25) is 9.48 Å². The van der Waals surface area contributed by atoms with Gasteiger partial charge < -0.3 is 0 Å². The highest BCUT2D eigenvalue weighted by Gasteiger charge is 2.16. The maximum absolute atomic E-state index is 12.2. The van der Waals surface area contributed by atoms with Crippen LogP contribution < -0.4 is 0 Å². The van der Waals surface area contributed by atoms with Crippen LogP contribution in [0.2, 0.25) is 0 Å². The normalized spacial score (nSPS) is 10.4. The van der Waals surface area contributed by atoms with Gasteiger partial charge in [0.1, 0.15) is 5.69 Å². The molecule has 0 amide bonds. The first-order valence-corrected chi connectivity index (χ1v) is 5.68. The zero-order valence-electron chi connectivity index (χ0n) is 9.07. The molecule has 0 bridgehead atoms. The third-order valence-corrected chi connectivity index (χ3v) is 3.54. The molecule has 0 aliphatic rings. The first-order valence-electron chi connectivity index (χ1n) is 4.89. The summed E-state index contributed by atoms with van der Waals surface area (Å²) in [6, 6.07) is 7.37. The molecule has 0 spiro atoms. The predicted octanol–water partition coefficient (Wildman–Crippen LogP) is 2.72. The van der Waals surface area contributed by atoms with Gasteiger partial charge >= 0.3 is 0 Å². The van der Waals surface area contributed by atoms with E-state index in [1.807, 2.05) is 25.1 Å². The number of nitrogens with zero attached hydrogens (tertiary/aromatic N) is 2. The number of hydrogen-bond donors (Lipinski definition) is 0. The molecular weight excluding hydrogens is 268 g/mol. The molecular formula is C12H11BrN2O. The standard InChI is InChI=1S/C12H11BrN2O/c1-8-4-3-5-9(11(8)13)12(16)10-6-7-14-15(10)2/h3-7H,1-2H3. The van der Waals surface area contributed by atoms with E-state index in [2.05, 4.69) is 21.0 Å². The second-order valence-corrected chi connectivity index (χ2v) is 4.40. The highest BCUT2D eigenvalue weighted by Crippen LogP contribution is 2.23. The number of aryl methyl sites for hydroxylation is 2. The largest absolute Gasteiger partial charge is 0.287 e. The molecule has 0 saturated carbocycles. The molecule has 2 aromatic rings. The van der Waals surface area contributed by atoms with Gasteiger partial charge in [-0.15, -0.1) is 0 Å². The van der Waals surface area contributed by atoms with Crippen LogP contribution in [0, 0.1) is 6.92 Å². The zero-order chi connectivity index (χ0) is 11.7. The lowest BCUT2D eigenvalue weighted by atomic mass is 10.1. The molecule has 82 valence electrons. The Morgan fingerprint density at radius 2 is 2.12 bits per heavy atom. The molecule has 2 rings (SSSR count). The molecule has 16 heavy (non-hydrogen) atoms. The smallest absolute Gasteiger partial charge is 0.212 e. The summed E-state index contributed by atoms with van der Waals surface area (Å²) in [7, 11) is 1.76. The molecule has 1 aromatic carbocycles. The summed E-state index contributed by atoms with van der Waals surface area (Å²) in [6.07, 6.45) is 1.62. The van der Waals surface area contributed by atoms with Crippen LogP contribution in [0.4, 0.5) is 0 Å². The number of aromatic nitrogens is 2. The van der Waals surface area contributed by atoms with Crippen LogP contribution in [-0.2, 0) is 7.05 Å². The van der Waals surface area contributed by atoms with E-state index in [4.69, 9.17) is 0 Å². The highest BCUT2D eigenvalue weighted by molar-refractivity contribution is 9.10. The van der Waals surface area contributed by atoms with Gasteiger partial charge in [-0.2, -0.15) is 5.10 Å². The monoisotopic (exact) mass is 278 g/mol. The number of benzene rings is 1. The molecule has 1 heterocycles. The Labute approximate surface area is 102 Å². The van der Waals surface area contributed by atoms with Crippen molar-refractivity contribution in [3.8, 4) is 0 Å². The fourth-order valence-corrected chi connectivity index (χ4v) is 2.00. The lowest BCUT2D eigenvalue weighted by molar-refractivity contribution is 0.102. The Kier molecular flexibility index (Phi) is 2.92. The Balaban J connectivity index is 2.50. The van der Waals surface area contributed by atoms with Crippen molar-refractivity contribution in [2.45, 2.75) is 6.92 Å². The van der Waals surface area contributed by atoms with Gasteiger partial charge in [0.15, 0.2) is 0 Å². The Morgan fingerprint density at radius 3 is 2.75 bits per heavy atom. The average Bonchev–Trinajstić information content (AvgIpc) is 2.68.